The molecule has 1 saturated carbocycles. The molecular formula is C21H23N3O3. The number of nitrogens with two attached hydrogens (primary N) is 1. The molecule has 0 radical (unpaired) electrons. The summed E-state index contributed by atoms with van der Waals surface area (Å²) in [5.74, 6) is -0.808. The molecule has 0 aromatic heterocycles. The van der Waals surface area contributed by atoms with Crippen LogP contribution in [0.15, 0.2) is 48.5 Å². The minimum absolute atomic E-state index is 0.0464. The highest BCUT2D eigenvalue weighted by atomic mass is 16.4. The van der Waals surface area contributed by atoms with Crippen LogP contribution in [-0.4, -0.2) is 30.2 Å². The van der Waals surface area contributed by atoms with Gasteiger partial charge in [0.2, 0.25) is 0 Å². The number of hydrogen-bond acceptors (Lipinski definition) is 3. The highest BCUT2D eigenvalue weighted by Gasteiger charge is 2.40. The number of carboxylic acid groups (broad SMARTS) is 1. The van der Waals surface area contributed by atoms with E-state index in [1.165, 1.54) is 0 Å². The molecule has 0 bridgehead atoms. The molecule has 0 atom stereocenters. The second-order valence-electron chi connectivity index (χ2n) is 7.35. The summed E-state index contributed by atoms with van der Waals surface area (Å²) in [4.78, 5) is 27.1. The second-order valence-corrected chi connectivity index (χ2v) is 7.35. The van der Waals surface area contributed by atoms with Crippen LogP contribution in [0.3, 0.4) is 0 Å². The highest BCUT2D eigenvalue weighted by Crippen LogP contribution is 2.43. The fourth-order valence-corrected chi connectivity index (χ4v) is 3.51. The molecule has 27 heavy (non-hydrogen) atoms. The lowest BCUT2D eigenvalue weighted by molar-refractivity contribution is -0.136. The molecular weight excluding hydrogens is 342 g/mol. The number of aliphatic carboxylic acids is 1. The van der Waals surface area contributed by atoms with E-state index in [1.54, 1.807) is 9.80 Å². The third kappa shape index (κ3) is 3.53. The number of nitrogens with zero attached hydrogens (tertiary/aromatic N) is 2. The number of anilines is 2. The predicted molar refractivity (Wildman–Crippen MR) is 104 cm³/mol. The zero-order chi connectivity index (χ0) is 19.0. The number of aryl methyl sites for hydroxylation is 1. The Morgan fingerprint density at radius 2 is 1.48 bits per heavy atom. The fourth-order valence-electron chi connectivity index (χ4n) is 3.51. The summed E-state index contributed by atoms with van der Waals surface area (Å²) in [5, 5.41) is 8.77. The number of carbonyl (C=O) groups excluding carboxylic acids is 1. The Morgan fingerprint density at radius 3 is 1.96 bits per heavy atom. The zero-order valence-corrected chi connectivity index (χ0v) is 15.1. The molecule has 2 amide bonds. The zero-order valence-electron chi connectivity index (χ0n) is 15.1. The number of carboxylic acids is 1. The number of amides is 2. The van der Waals surface area contributed by atoms with Crippen LogP contribution in [0.1, 0.15) is 30.4 Å². The maximum absolute atomic E-state index is 12.8. The van der Waals surface area contributed by atoms with E-state index in [-0.39, 0.29) is 18.0 Å². The topological polar surface area (TPSA) is 86.9 Å². The lowest BCUT2D eigenvalue weighted by Crippen LogP contribution is -2.31. The van der Waals surface area contributed by atoms with E-state index in [4.69, 9.17) is 10.8 Å². The van der Waals surface area contributed by atoms with Gasteiger partial charge in [-0.15, -0.1) is 0 Å². The second kappa shape index (κ2) is 6.70. The van der Waals surface area contributed by atoms with Crippen molar-refractivity contribution in [2.75, 3.05) is 22.9 Å². The number of rotatable bonds is 6. The van der Waals surface area contributed by atoms with Gasteiger partial charge in [0, 0.05) is 36.4 Å². The van der Waals surface area contributed by atoms with Crippen LogP contribution >= 0.6 is 0 Å². The van der Waals surface area contributed by atoms with Crippen molar-refractivity contribution in [3.63, 3.8) is 0 Å². The lowest BCUT2D eigenvalue weighted by atomic mass is 10.1. The van der Waals surface area contributed by atoms with Crippen molar-refractivity contribution in [2.24, 2.45) is 5.73 Å². The largest absolute Gasteiger partial charge is 0.481 e. The number of hydrogen-bond donors (Lipinski definition) is 2. The van der Waals surface area contributed by atoms with Crippen LogP contribution < -0.4 is 15.5 Å². The molecule has 2 aromatic carbocycles. The molecule has 0 unspecified atom stereocenters. The van der Waals surface area contributed by atoms with Crippen LogP contribution in [0.2, 0.25) is 0 Å². The molecule has 4 rings (SSSR count). The molecule has 1 heterocycles. The SMILES string of the molecule is NC1(c2ccc(N3CCN(c4ccc(CCC(=O)O)cc4)C3=O)cc2)CC1. The van der Waals surface area contributed by atoms with E-state index < -0.39 is 5.97 Å². The molecule has 3 N–H and O–H groups in total. The van der Waals surface area contributed by atoms with Crippen LogP contribution in [0.4, 0.5) is 16.2 Å². The van der Waals surface area contributed by atoms with Crippen molar-refractivity contribution in [2.45, 2.75) is 31.2 Å². The normalized spacial score (nSPS) is 18.0. The summed E-state index contributed by atoms with van der Waals surface area (Å²) in [6.07, 6.45) is 2.64. The van der Waals surface area contributed by atoms with Gasteiger partial charge in [0.25, 0.3) is 0 Å². The number of urea groups is 1. The summed E-state index contributed by atoms with van der Waals surface area (Å²) < 4.78 is 0. The summed E-state index contributed by atoms with van der Waals surface area (Å²) in [6, 6.07) is 15.5. The van der Waals surface area contributed by atoms with E-state index in [0.29, 0.717) is 19.5 Å². The van der Waals surface area contributed by atoms with Crippen LogP contribution in [-0.2, 0) is 16.8 Å². The summed E-state index contributed by atoms with van der Waals surface area (Å²) in [6.45, 7) is 1.25. The van der Waals surface area contributed by atoms with Crippen molar-refractivity contribution < 1.29 is 14.7 Å². The smallest absolute Gasteiger partial charge is 0.329 e. The molecule has 1 saturated heterocycles. The van der Waals surface area contributed by atoms with Gasteiger partial charge in [0.05, 0.1) is 0 Å². The van der Waals surface area contributed by atoms with Crippen molar-refractivity contribution in [1.82, 2.24) is 0 Å². The third-order valence-corrected chi connectivity index (χ3v) is 5.43. The Bertz CT molecular complexity index is 857. The van der Waals surface area contributed by atoms with Gasteiger partial charge in [-0.2, -0.15) is 0 Å². The quantitative estimate of drug-likeness (QED) is 0.823. The first-order valence-corrected chi connectivity index (χ1v) is 9.25. The summed E-state index contributed by atoms with van der Waals surface area (Å²) >= 11 is 0. The van der Waals surface area contributed by atoms with Crippen LogP contribution in [0.5, 0.6) is 0 Å². The fraction of sp³-hybridized carbons (Fsp3) is 0.333. The maximum Gasteiger partial charge on any atom is 0.329 e. The Morgan fingerprint density at radius 1 is 0.963 bits per heavy atom. The Labute approximate surface area is 158 Å². The monoisotopic (exact) mass is 365 g/mol. The first-order valence-electron chi connectivity index (χ1n) is 9.25. The average molecular weight is 365 g/mol. The van der Waals surface area contributed by atoms with E-state index in [0.717, 1.165) is 35.3 Å². The molecule has 1 aliphatic heterocycles. The maximum atomic E-state index is 12.8. The first kappa shape index (κ1) is 17.5. The van der Waals surface area contributed by atoms with E-state index in [2.05, 4.69) is 0 Å². The van der Waals surface area contributed by atoms with E-state index in [9.17, 15) is 9.59 Å². The van der Waals surface area contributed by atoms with Gasteiger partial charge in [-0.1, -0.05) is 24.3 Å². The predicted octanol–water partition coefficient (Wildman–Crippen LogP) is 3.10. The van der Waals surface area contributed by atoms with Crippen molar-refractivity contribution >= 4 is 23.4 Å². The molecule has 2 aliphatic rings. The van der Waals surface area contributed by atoms with Gasteiger partial charge in [0.1, 0.15) is 0 Å². The first-order chi connectivity index (χ1) is 13.0. The van der Waals surface area contributed by atoms with Crippen molar-refractivity contribution in [3.8, 4) is 0 Å². The molecule has 2 aromatic rings. The third-order valence-electron chi connectivity index (χ3n) is 5.43. The number of carbonyl (C=O) groups is 2. The van der Waals surface area contributed by atoms with E-state index in [1.807, 2.05) is 48.5 Å². The van der Waals surface area contributed by atoms with Gasteiger partial charge < -0.3 is 10.8 Å². The van der Waals surface area contributed by atoms with Crippen LogP contribution in [0, 0.1) is 0 Å². The van der Waals surface area contributed by atoms with Gasteiger partial charge in [-0.05, 0) is 54.7 Å². The minimum atomic E-state index is -0.808. The van der Waals surface area contributed by atoms with Gasteiger partial charge in [0.15, 0.2) is 0 Å². The van der Waals surface area contributed by atoms with Gasteiger partial charge >= 0.3 is 12.0 Å². The minimum Gasteiger partial charge on any atom is -0.481 e. The van der Waals surface area contributed by atoms with E-state index >= 15 is 0 Å². The summed E-state index contributed by atoms with van der Waals surface area (Å²) in [7, 11) is 0. The molecule has 6 heteroatoms. The molecule has 2 fully saturated rings. The average Bonchev–Trinajstić information content (AvgIpc) is 3.31. The van der Waals surface area contributed by atoms with Crippen molar-refractivity contribution in [3.05, 3.63) is 59.7 Å². The van der Waals surface area contributed by atoms with Gasteiger partial charge in [-0.3, -0.25) is 14.6 Å². The van der Waals surface area contributed by atoms with Crippen molar-refractivity contribution in [1.29, 1.82) is 0 Å². The molecule has 140 valence electrons. The van der Waals surface area contributed by atoms with Gasteiger partial charge in [-0.25, -0.2) is 4.79 Å². The van der Waals surface area contributed by atoms with Crippen LogP contribution in [0.25, 0.3) is 0 Å². The standard InChI is InChI=1S/C21H23N3O3/c22-21(11-12-21)16-4-8-18(9-5-16)24-14-13-23(20(24)27)17-6-1-15(2-7-17)3-10-19(25)26/h1-2,4-9H,3,10-14,22H2,(H,25,26). The number of benzene rings is 2. The lowest BCUT2D eigenvalue weighted by Gasteiger charge is -2.20. The molecule has 0 spiro atoms. The molecule has 6 nitrogen and oxygen atoms in total. The Hall–Kier alpha value is -2.86. The Balaban J connectivity index is 1.44. The summed E-state index contributed by atoms with van der Waals surface area (Å²) in [5.41, 5.74) is 9.86. The highest BCUT2D eigenvalue weighted by molar-refractivity contribution is 6.06. The Kier molecular flexibility index (Phi) is 4.36. The molecule has 1 aliphatic carbocycles.